The van der Waals surface area contributed by atoms with E-state index in [1.807, 2.05) is 0 Å². The quantitative estimate of drug-likeness (QED) is 0.822. The van der Waals surface area contributed by atoms with Crippen LogP contribution < -0.4 is 9.47 Å². The molecule has 0 unspecified atom stereocenters. The van der Waals surface area contributed by atoms with Gasteiger partial charge in [-0.2, -0.15) is 0 Å². The summed E-state index contributed by atoms with van der Waals surface area (Å²) in [5.41, 5.74) is 1.20. The second kappa shape index (κ2) is 7.49. The number of aromatic nitrogens is 1. The summed E-state index contributed by atoms with van der Waals surface area (Å²) in [6, 6.07) is 6.56. The Kier molecular flexibility index (Phi) is 5.41. The Balaban J connectivity index is 2.28. The van der Waals surface area contributed by atoms with Gasteiger partial charge in [-0.3, -0.25) is 9.59 Å². The summed E-state index contributed by atoms with van der Waals surface area (Å²) in [6.45, 7) is 1.26. The molecular weight excluding hydrogens is 316 g/mol. The fourth-order valence-electron chi connectivity index (χ4n) is 2.16. The van der Waals surface area contributed by atoms with Gasteiger partial charge in [0.2, 0.25) is 5.76 Å². The van der Waals surface area contributed by atoms with Crippen molar-refractivity contribution in [3.63, 3.8) is 0 Å². The van der Waals surface area contributed by atoms with Crippen molar-refractivity contribution in [1.29, 1.82) is 0 Å². The monoisotopic (exact) mass is 334 g/mol. The third-order valence-electron chi connectivity index (χ3n) is 3.24. The molecule has 0 aliphatic rings. The molecule has 2 aromatic rings. The molecule has 1 heterocycles. The molecule has 8 nitrogen and oxygen atoms in total. The molecule has 8 heteroatoms. The van der Waals surface area contributed by atoms with E-state index in [0.717, 1.165) is 4.90 Å². The number of aliphatic carboxylic acids is 1. The first-order chi connectivity index (χ1) is 11.4. The maximum absolute atomic E-state index is 12.5. The van der Waals surface area contributed by atoms with E-state index in [2.05, 4.69) is 5.16 Å². The summed E-state index contributed by atoms with van der Waals surface area (Å²) in [5.74, 6) is -0.608. The lowest BCUT2D eigenvalue weighted by atomic mass is 10.1. The predicted octanol–water partition coefficient (Wildman–Crippen LogP) is 1.73. The second-order valence-corrected chi connectivity index (χ2v) is 5.11. The minimum Gasteiger partial charge on any atom is -0.497 e. The van der Waals surface area contributed by atoms with Crippen LogP contribution in [0.25, 0.3) is 0 Å². The lowest BCUT2D eigenvalue weighted by Crippen LogP contribution is -2.35. The van der Waals surface area contributed by atoms with Gasteiger partial charge in [0.05, 0.1) is 19.9 Å². The Morgan fingerprint density at radius 3 is 2.25 bits per heavy atom. The summed E-state index contributed by atoms with van der Waals surface area (Å²) < 4.78 is 15.3. The number of benzene rings is 1. The number of amides is 1. The van der Waals surface area contributed by atoms with Crippen molar-refractivity contribution < 1.29 is 28.7 Å². The largest absolute Gasteiger partial charge is 0.497 e. The van der Waals surface area contributed by atoms with Crippen molar-refractivity contribution >= 4 is 11.9 Å². The molecule has 0 fully saturated rings. The predicted molar refractivity (Wildman–Crippen MR) is 83.2 cm³/mol. The molecule has 0 bridgehead atoms. The Morgan fingerprint density at radius 1 is 1.17 bits per heavy atom. The Hall–Kier alpha value is -3.03. The van der Waals surface area contributed by atoms with E-state index in [-0.39, 0.29) is 12.3 Å². The highest BCUT2D eigenvalue weighted by atomic mass is 16.5. The standard InChI is InChI=1S/C16H18N2O6/c1-10-4-14(24-17-10)16(21)18(9-15(19)20)8-11-5-12(22-2)7-13(6-11)23-3/h4-7H,8-9H2,1-3H3,(H,19,20). The number of aryl methyl sites for hydroxylation is 1. The highest BCUT2D eigenvalue weighted by molar-refractivity contribution is 5.93. The Bertz CT molecular complexity index is 718. The van der Waals surface area contributed by atoms with Gasteiger partial charge >= 0.3 is 5.97 Å². The minimum absolute atomic E-state index is 0.0105. The zero-order chi connectivity index (χ0) is 17.7. The summed E-state index contributed by atoms with van der Waals surface area (Å²) in [4.78, 5) is 24.7. The van der Waals surface area contributed by atoms with Crippen LogP contribution >= 0.6 is 0 Å². The summed E-state index contributed by atoms with van der Waals surface area (Å²) in [5, 5.41) is 12.7. The number of carbonyl (C=O) groups excluding carboxylic acids is 1. The van der Waals surface area contributed by atoms with Gasteiger partial charge in [-0.15, -0.1) is 0 Å². The molecule has 0 radical (unpaired) electrons. The third kappa shape index (κ3) is 4.25. The van der Waals surface area contributed by atoms with Crippen molar-refractivity contribution in [3.8, 4) is 11.5 Å². The molecule has 0 saturated heterocycles. The number of rotatable bonds is 7. The first-order valence-electron chi connectivity index (χ1n) is 7.09. The van der Waals surface area contributed by atoms with E-state index in [4.69, 9.17) is 19.1 Å². The highest BCUT2D eigenvalue weighted by Crippen LogP contribution is 2.24. The van der Waals surface area contributed by atoms with Crippen LogP contribution in [0.5, 0.6) is 11.5 Å². The van der Waals surface area contributed by atoms with Crippen LogP contribution in [0, 0.1) is 6.92 Å². The van der Waals surface area contributed by atoms with E-state index in [0.29, 0.717) is 22.8 Å². The van der Waals surface area contributed by atoms with Crippen LogP contribution in [-0.4, -0.2) is 47.8 Å². The fourth-order valence-corrected chi connectivity index (χ4v) is 2.16. The normalized spacial score (nSPS) is 10.3. The fraction of sp³-hybridized carbons (Fsp3) is 0.312. The zero-order valence-electron chi connectivity index (χ0n) is 13.6. The SMILES string of the molecule is COc1cc(CN(CC(=O)O)C(=O)c2cc(C)no2)cc(OC)c1. The molecular formula is C16H18N2O6. The number of carbonyl (C=O) groups is 2. The third-order valence-corrected chi connectivity index (χ3v) is 3.24. The number of methoxy groups -OCH3 is 2. The van der Waals surface area contributed by atoms with Crippen LogP contribution in [0.3, 0.4) is 0 Å². The lowest BCUT2D eigenvalue weighted by molar-refractivity contribution is -0.137. The van der Waals surface area contributed by atoms with E-state index < -0.39 is 18.4 Å². The van der Waals surface area contributed by atoms with Crippen LogP contribution in [0.4, 0.5) is 0 Å². The van der Waals surface area contributed by atoms with Crippen molar-refractivity contribution in [3.05, 3.63) is 41.3 Å². The average Bonchev–Trinajstić information content (AvgIpc) is 2.99. The molecule has 1 N–H and O–H groups in total. The second-order valence-electron chi connectivity index (χ2n) is 5.11. The van der Waals surface area contributed by atoms with Gasteiger partial charge in [-0.25, -0.2) is 0 Å². The van der Waals surface area contributed by atoms with Crippen molar-refractivity contribution in [2.45, 2.75) is 13.5 Å². The average molecular weight is 334 g/mol. The number of carboxylic acid groups (broad SMARTS) is 1. The number of hydrogen-bond donors (Lipinski definition) is 1. The molecule has 24 heavy (non-hydrogen) atoms. The molecule has 1 aromatic carbocycles. The highest BCUT2D eigenvalue weighted by Gasteiger charge is 2.23. The summed E-state index contributed by atoms with van der Waals surface area (Å²) in [7, 11) is 3.02. The number of ether oxygens (including phenoxy) is 2. The Labute approximate surface area is 138 Å². The van der Waals surface area contributed by atoms with Crippen molar-refractivity contribution in [1.82, 2.24) is 10.1 Å². The van der Waals surface area contributed by atoms with Gasteiger partial charge in [-0.1, -0.05) is 5.16 Å². The molecule has 0 spiro atoms. The van der Waals surface area contributed by atoms with Crippen molar-refractivity contribution in [2.75, 3.05) is 20.8 Å². The van der Waals surface area contributed by atoms with Gasteiger partial charge in [-0.05, 0) is 24.6 Å². The van der Waals surface area contributed by atoms with E-state index in [9.17, 15) is 9.59 Å². The van der Waals surface area contributed by atoms with Gasteiger partial charge < -0.3 is 24.0 Å². The summed E-state index contributed by atoms with van der Waals surface area (Å²) in [6.07, 6.45) is 0. The number of hydrogen-bond acceptors (Lipinski definition) is 6. The topological polar surface area (TPSA) is 102 Å². The van der Waals surface area contributed by atoms with Crippen LogP contribution in [0.1, 0.15) is 21.8 Å². The van der Waals surface area contributed by atoms with Crippen molar-refractivity contribution in [2.24, 2.45) is 0 Å². The van der Waals surface area contributed by atoms with Gasteiger partial charge in [0.1, 0.15) is 18.0 Å². The van der Waals surface area contributed by atoms with Crippen LogP contribution in [-0.2, 0) is 11.3 Å². The number of carboxylic acids is 1. The molecule has 0 saturated carbocycles. The maximum Gasteiger partial charge on any atom is 0.323 e. The molecule has 1 amide bonds. The maximum atomic E-state index is 12.5. The van der Waals surface area contributed by atoms with Gasteiger partial charge in [0.25, 0.3) is 5.91 Å². The molecule has 2 rings (SSSR count). The number of nitrogens with zero attached hydrogens (tertiary/aromatic N) is 2. The molecule has 0 aliphatic heterocycles. The van der Waals surface area contributed by atoms with E-state index >= 15 is 0 Å². The van der Waals surface area contributed by atoms with E-state index in [1.165, 1.54) is 20.3 Å². The summed E-state index contributed by atoms with van der Waals surface area (Å²) >= 11 is 0. The van der Waals surface area contributed by atoms with Crippen LogP contribution in [0.15, 0.2) is 28.8 Å². The molecule has 128 valence electrons. The first-order valence-corrected chi connectivity index (χ1v) is 7.09. The lowest BCUT2D eigenvalue weighted by Gasteiger charge is -2.20. The molecule has 0 atom stereocenters. The minimum atomic E-state index is -1.13. The van der Waals surface area contributed by atoms with Crippen LogP contribution in [0.2, 0.25) is 0 Å². The van der Waals surface area contributed by atoms with Gasteiger partial charge in [0.15, 0.2) is 0 Å². The van der Waals surface area contributed by atoms with E-state index in [1.54, 1.807) is 25.1 Å². The molecule has 1 aromatic heterocycles. The zero-order valence-corrected chi connectivity index (χ0v) is 13.6. The van der Waals surface area contributed by atoms with Gasteiger partial charge in [0, 0.05) is 18.7 Å². The molecule has 0 aliphatic carbocycles. The smallest absolute Gasteiger partial charge is 0.323 e. The first kappa shape index (κ1) is 17.3. The Morgan fingerprint density at radius 2 is 1.79 bits per heavy atom.